The van der Waals surface area contributed by atoms with Crippen molar-refractivity contribution in [3.8, 4) is 0 Å². The lowest BCUT2D eigenvalue weighted by Gasteiger charge is -2.07. The van der Waals surface area contributed by atoms with Crippen molar-refractivity contribution in [1.82, 2.24) is 15.8 Å². The molecule has 0 radical (unpaired) electrons. The molecule has 1 aromatic heterocycles. The van der Waals surface area contributed by atoms with Crippen LogP contribution in [0.5, 0.6) is 0 Å². The van der Waals surface area contributed by atoms with E-state index in [0.717, 1.165) is 25.1 Å². The number of carbonyl (C=O) groups is 3. The number of carbonyl (C=O) groups excluding carboxylic acids is 1. The molecule has 3 rings (SSSR count). The number of para-hydroxylation sites is 1. The van der Waals surface area contributed by atoms with Gasteiger partial charge >= 0.3 is 11.9 Å². The SMILES string of the molecule is Cc1[nH]c2ccccc2c1CCNCc1ccc(/C=C/C(=O)NO)cc1.O=C(O)C(O)C(O)C(=O)O. The zero-order valence-electron chi connectivity index (χ0n) is 19.5. The summed E-state index contributed by atoms with van der Waals surface area (Å²) < 4.78 is 0. The van der Waals surface area contributed by atoms with E-state index in [9.17, 15) is 14.4 Å². The maximum Gasteiger partial charge on any atom is 0.335 e. The first-order chi connectivity index (χ1) is 17.1. The van der Waals surface area contributed by atoms with Crippen LogP contribution in [0.15, 0.2) is 54.6 Å². The van der Waals surface area contributed by atoms with Gasteiger partial charge in [0.1, 0.15) is 0 Å². The van der Waals surface area contributed by atoms with Gasteiger partial charge in [0.25, 0.3) is 5.91 Å². The van der Waals surface area contributed by atoms with Crippen molar-refractivity contribution >= 4 is 34.8 Å². The third-order valence-electron chi connectivity index (χ3n) is 5.23. The fourth-order valence-corrected chi connectivity index (χ4v) is 3.33. The summed E-state index contributed by atoms with van der Waals surface area (Å²) in [4.78, 5) is 34.0. The molecule has 1 amide bonds. The molecule has 36 heavy (non-hydrogen) atoms. The van der Waals surface area contributed by atoms with Gasteiger partial charge in [0.05, 0.1) is 0 Å². The summed E-state index contributed by atoms with van der Waals surface area (Å²) in [7, 11) is 0. The molecule has 2 aromatic carbocycles. The van der Waals surface area contributed by atoms with Crippen LogP contribution in [0, 0.1) is 6.92 Å². The molecule has 11 heteroatoms. The van der Waals surface area contributed by atoms with Gasteiger partial charge in [-0.25, -0.2) is 15.1 Å². The van der Waals surface area contributed by atoms with E-state index in [0.29, 0.717) is 0 Å². The van der Waals surface area contributed by atoms with Gasteiger partial charge in [-0.2, -0.15) is 0 Å². The number of hydrogen-bond acceptors (Lipinski definition) is 7. The summed E-state index contributed by atoms with van der Waals surface area (Å²) in [5.74, 6) is -4.08. The van der Waals surface area contributed by atoms with Gasteiger partial charge in [0, 0.05) is 29.2 Å². The molecule has 2 atom stereocenters. The molecule has 0 saturated carbocycles. The first-order valence-electron chi connectivity index (χ1n) is 10.9. The minimum absolute atomic E-state index is 0.539. The number of hydrogen-bond donors (Lipinski definition) is 8. The van der Waals surface area contributed by atoms with Crippen molar-refractivity contribution in [3.05, 3.63) is 77.0 Å². The van der Waals surface area contributed by atoms with Crippen molar-refractivity contribution in [3.63, 3.8) is 0 Å². The molecule has 0 bridgehead atoms. The number of aliphatic hydroxyl groups excluding tert-OH is 2. The maximum absolute atomic E-state index is 11.0. The van der Waals surface area contributed by atoms with Crippen LogP contribution in [0.3, 0.4) is 0 Å². The number of aromatic amines is 1. The Kier molecular flexibility index (Phi) is 10.8. The highest BCUT2D eigenvalue weighted by atomic mass is 16.5. The summed E-state index contributed by atoms with van der Waals surface area (Å²) in [6, 6.07) is 16.4. The van der Waals surface area contributed by atoms with E-state index < -0.39 is 30.1 Å². The smallest absolute Gasteiger partial charge is 0.335 e. The molecule has 2 unspecified atom stereocenters. The number of aliphatic hydroxyl groups is 2. The van der Waals surface area contributed by atoms with E-state index in [2.05, 4.69) is 41.5 Å². The lowest BCUT2D eigenvalue weighted by Crippen LogP contribution is -2.39. The molecule has 1 heterocycles. The third kappa shape index (κ3) is 8.32. The lowest BCUT2D eigenvalue weighted by atomic mass is 10.1. The van der Waals surface area contributed by atoms with Crippen LogP contribution in [0.1, 0.15) is 22.4 Å². The number of benzene rings is 2. The monoisotopic (exact) mass is 499 g/mol. The Labute approximate surface area is 206 Å². The minimum Gasteiger partial charge on any atom is -0.479 e. The molecule has 0 aliphatic rings. The summed E-state index contributed by atoms with van der Waals surface area (Å²) in [6.07, 6.45) is -0.610. The Balaban J connectivity index is 0.000000388. The summed E-state index contributed by atoms with van der Waals surface area (Å²) >= 11 is 0. The van der Waals surface area contributed by atoms with E-state index in [-0.39, 0.29) is 0 Å². The molecule has 192 valence electrons. The van der Waals surface area contributed by atoms with Gasteiger partial charge < -0.3 is 30.7 Å². The number of amides is 1. The van der Waals surface area contributed by atoms with Crippen LogP contribution in [-0.4, -0.2) is 67.2 Å². The predicted molar refractivity (Wildman–Crippen MR) is 131 cm³/mol. The number of rotatable bonds is 10. The Hall–Kier alpha value is -4.03. The van der Waals surface area contributed by atoms with Crippen LogP contribution in [0.25, 0.3) is 17.0 Å². The number of aromatic nitrogens is 1. The van der Waals surface area contributed by atoms with E-state index in [1.807, 2.05) is 24.3 Å². The zero-order valence-corrected chi connectivity index (χ0v) is 19.5. The fourth-order valence-electron chi connectivity index (χ4n) is 3.33. The highest BCUT2D eigenvalue weighted by Gasteiger charge is 2.29. The Morgan fingerprint density at radius 2 is 1.58 bits per heavy atom. The first-order valence-corrected chi connectivity index (χ1v) is 10.9. The number of fused-ring (bicyclic) bond motifs is 1. The van der Waals surface area contributed by atoms with Crippen molar-refractivity contribution in [2.45, 2.75) is 32.1 Å². The largest absolute Gasteiger partial charge is 0.479 e. The number of nitrogens with one attached hydrogen (secondary N) is 3. The molecular formula is C25H29N3O8. The Bertz CT molecular complexity index is 1190. The topological polar surface area (TPSA) is 192 Å². The van der Waals surface area contributed by atoms with Crippen molar-refractivity contribution < 1.29 is 40.0 Å². The maximum atomic E-state index is 11.0. The first kappa shape index (κ1) is 28.2. The Morgan fingerprint density at radius 3 is 2.17 bits per heavy atom. The molecule has 3 aromatic rings. The van der Waals surface area contributed by atoms with Crippen LogP contribution >= 0.6 is 0 Å². The third-order valence-corrected chi connectivity index (χ3v) is 5.23. The highest BCUT2D eigenvalue weighted by Crippen LogP contribution is 2.21. The number of carboxylic acid groups (broad SMARTS) is 2. The van der Waals surface area contributed by atoms with Crippen molar-refractivity contribution in [2.75, 3.05) is 6.54 Å². The van der Waals surface area contributed by atoms with Gasteiger partial charge in [0.15, 0.2) is 12.2 Å². The highest BCUT2D eigenvalue weighted by molar-refractivity contribution is 5.90. The standard InChI is InChI=1S/C21H23N3O2.C4H6O6/c1-15-18(19-4-2-3-5-20(19)23-15)12-13-22-14-17-8-6-16(7-9-17)10-11-21(25)24-26;5-1(3(7)8)2(6)4(9)10/h2-11,22-23,26H,12-14H2,1H3,(H,24,25);1-2,5-6H,(H,7,8)(H,9,10)/b11-10+;. The normalized spacial score (nSPS) is 12.6. The van der Waals surface area contributed by atoms with Crippen molar-refractivity contribution in [2.24, 2.45) is 0 Å². The molecule has 0 aliphatic carbocycles. The van der Waals surface area contributed by atoms with E-state index >= 15 is 0 Å². The van der Waals surface area contributed by atoms with Crippen LogP contribution in [0.4, 0.5) is 0 Å². The van der Waals surface area contributed by atoms with Gasteiger partial charge in [-0.3, -0.25) is 10.0 Å². The molecule has 0 saturated heterocycles. The van der Waals surface area contributed by atoms with Gasteiger partial charge in [-0.05, 0) is 48.7 Å². The molecular weight excluding hydrogens is 470 g/mol. The number of hydroxylamine groups is 1. The average Bonchev–Trinajstić information content (AvgIpc) is 3.19. The predicted octanol–water partition coefficient (Wildman–Crippen LogP) is 1.20. The number of aryl methyl sites for hydroxylation is 1. The summed E-state index contributed by atoms with van der Waals surface area (Å²) in [6.45, 7) is 3.82. The zero-order chi connectivity index (χ0) is 26.7. The molecule has 11 nitrogen and oxygen atoms in total. The Morgan fingerprint density at radius 1 is 0.972 bits per heavy atom. The van der Waals surface area contributed by atoms with E-state index in [1.165, 1.54) is 33.8 Å². The number of aliphatic carboxylic acids is 2. The van der Waals surface area contributed by atoms with Crippen LogP contribution < -0.4 is 10.8 Å². The second kappa shape index (κ2) is 13.8. The van der Waals surface area contributed by atoms with E-state index in [1.54, 1.807) is 11.6 Å². The quantitative estimate of drug-likeness (QED) is 0.0876. The average molecular weight is 500 g/mol. The number of carboxylic acids is 2. The molecule has 0 aliphatic heterocycles. The molecule has 0 fully saturated rings. The van der Waals surface area contributed by atoms with Gasteiger partial charge in [-0.15, -0.1) is 0 Å². The fraction of sp³-hybridized carbons (Fsp3) is 0.240. The van der Waals surface area contributed by atoms with Crippen LogP contribution in [0.2, 0.25) is 0 Å². The second-order valence-electron chi connectivity index (χ2n) is 7.82. The lowest BCUT2D eigenvalue weighted by molar-refractivity contribution is -0.165. The van der Waals surface area contributed by atoms with Gasteiger partial charge in [-0.1, -0.05) is 42.5 Å². The minimum atomic E-state index is -2.27. The van der Waals surface area contributed by atoms with E-state index in [4.69, 9.17) is 25.6 Å². The summed E-state index contributed by atoms with van der Waals surface area (Å²) in [5.41, 5.74) is 7.46. The number of H-pyrrole nitrogens is 1. The van der Waals surface area contributed by atoms with Crippen molar-refractivity contribution in [1.29, 1.82) is 0 Å². The molecule has 0 spiro atoms. The van der Waals surface area contributed by atoms with Crippen LogP contribution in [-0.2, 0) is 27.3 Å². The second-order valence-corrected chi connectivity index (χ2v) is 7.82. The molecule has 8 N–H and O–H groups in total. The van der Waals surface area contributed by atoms with Gasteiger partial charge in [0.2, 0.25) is 0 Å². The summed E-state index contributed by atoms with van der Waals surface area (Å²) in [5, 5.41) is 45.8.